The first-order valence-corrected chi connectivity index (χ1v) is 11.5. The normalized spacial score (nSPS) is 11.2. The van der Waals surface area contributed by atoms with Crippen molar-refractivity contribution in [1.29, 1.82) is 0 Å². The Morgan fingerprint density at radius 3 is 2.10 bits per heavy atom. The maximum Gasteiger partial charge on any atom is 0.264 e. The molecule has 0 fully saturated rings. The Bertz CT molecular complexity index is 1160. The van der Waals surface area contributed by atoms with Gasteiger partial charge in [-0.25, -0.2) is 12.8 Å². The van der Waals surface area contributed by atoms with E-state index in [1.165, 1.54) is 39.5 Å². The Morgan fingerprint density at radius 2 is 1.52 bits per heavy atom. The van der Waals surface area contributed by atoms with Crippen molar-refractivity contribution in [2.45, 2.75) is 25.7 Å². The summed E-state index contributed by atoms with van der Waals surface area (Å²) in [6, 6.07) is 19.1. The lowest BCUT2D eigenvalue weighted by Crippen LogP contribution is -2.33. The van der Waals surface area contributed by atoms with E-state index < -0.39 is 15.8 Å². The summed E-state index contributed by atoms with van der Waals surface area (Å²) in [4.78, 5) is 14.7. The Morgan fingerprint density at radius 1 is 0.871 bits per heavy atom. The van der Waals surface area contributed by atoms with Crippen molar-refractivity contribution in [3.05, 3.63) is 89.7 Å². The van der Waals surface area contributed by atoms with Gasteiger partial charge >= 0.3 is 0 Å². The van der Waals surface area contributed by atoms with Crippen LogP contribution in [0.2, 0.25) is 0 Å². The molecule has 0 spiro atoms. The Balaban J connectivity index is 2.02. The number of carbonyl (C=O) groups is 1. The third kappa shape index (κ3) is 4.61. The number of para-hydroxylation sites is 1. The second-order valence-corrected chi connectivity index (χ2v) is 8.84. The van der Waals surface area contributed by atoms with Crippen LogP contribution in [0.25, 0.3) is 0 Å². The van der Waals surface area contributed by atoms with Gasteiger partial charge in [-0.2, -0.15) is 0 Å². The number of hydrogen-bond acceptors (Lipinski definition) is 3. The zero-order chi connectivity index (χ0) is 22.6. The topological polar surface area (TPSA) is 57.7 Å². The van der Waals surface area contributed by atoms with Crippen molar-refractivity contribution in [2.24, 2.45) is 0 Å². The van der Waals surface area contributed by atoms with E-state index in [-0.39, 0.29) is 22.9 Å². The summed E-state index contributed by atoms with van der Waals surface area (Å²) >= 11 is 0. The molecule has 3 rings (SSSR count). The van der Waals surface area contributed by atoms with Crippen molar-refractivity contribution in [3.8, 4) is 0 Å². The number of halogens is 1. The van der Waals surface area contributed by atoms with Crippen LogP contribution in [0.1, 0.15) is 29.8 Å². The van der Waals surface area contributed by atoms with Gasteiger partial charge in [-0.05, 0) is 74.9 Å². The molecular weight excluding hydrogens is 415 g/mol. The Hall–Kier alpha value is -3.19. The molecule has 7 heteroatoms. The average molecular weight is 441 g/mol. The van der Waals surface area contributed by atoms with Crippen LogP contribution in [0.15, 0.2) is 77.7 Å². The Labute approximate surface area is 182 Å². The predicted octanol–water partition coefficient (Wildman–Crippen LogP) is 5.02. The lowest BCUT2D eigenvalue weighted by atomic mass is 10.1. The summed E-state index contributed by atoms with van der Waals surface area (Å²) in [6.45, 7) is 5.88. The molecule has 0 aliphatic rings. The molecule has 3 aromatic rings. The van der Waals surface area contributed by atoms with Crippen molar-refractivity contribution in [1.82, 2.24) is 0 Å². The van der Waals surface area contributed by atoms with Gasteiger partial charge in [0.05, 0.1) is 10.6 Å². The number of anilines is 2. The van der Waals surface area contributed by atoms with E-state index >= 15 is 0 Å². The number of hydrogen-bond donors (Lipinski definition) is 0. The summed E-state index contributed by atoms with van der Waals surface area (Å²) in [5, 5.41) is 0. The zero-order valence-corrected chi connectivity index (χ0v) is 18.6. The quantitative estimate of drug-likeness (QED) is 0.519. The highest BCUT2D eigenvalue weighted by molar-refractivity contribution is 7.92. The van der Waals surface area contributed by atoms with E-state index in [1.807, 2.05) is 6.07 Å². The summed E-state index contributed by atoms with van der Waals surface area (Å²) < 4.78 is 41.5. The van der Waals surface area contributed by atoms with Crippen LogP contribution in [0, 0.1) is 12.7 Å². The molecular formula is C24H25FN2O3S. The van der Waals surface area contributed by atoms with E-state index in [0.717, 1.165) is 0 Å². The minimum Gasteiger partial charge on any atom is -0.309 e. The molecule has 31 heavy (non-hydrogen) atoms. The maximum atomic E-state index is 13.5. The van der Waals surface area contributed by atoms with Gasteiger partial charge in [0.1, 0.15) is 5.82 Å². The first-order valence-electron chi connectivity index (χ1n) is 10.1. The molecule has 0 aliphatic carbocycles. The summed E-state index contributed by atoms with van der Waals surface area (Å²) in [5.41, 5.74) is 1.90. The largest absolute Gasteiger partial charge is 0.309 e. The van der Waals surface area contributed by atoms with Crippen molar-refractivity contribution in [3.63, 3.8) is 0 Å². The predicted molar refractivity (Wildman–Crippen MR) is 122 cm³/mol. The van der Waals surface area contributed by atoms with Gasteiger partial charge in [0.2, 0.25) is 0 Å². The SMILES string of the molecule is CCN(C(=O)c1ccc(C)c(S(=O)(=O)N(CC)c2ccccc2)c1)c1ccc(F)cc1. The fourth-order valence-corrected chi connectivity index (χ4v) is 5.16. The third-order valence-electron chi connectivity index (χ3n) is 5.03. The van der Waals surface area contributed by atoms with Crippen molar-refractivity contribution in [2.75, 3.05) is 22.3 Å². The molecule has 162 valence electrons. The van der Waals surface area contributed by atoms with Gasteiger partial charge in [0.15, 0.2) is 0 Å². The molecule has 5 nitrogen and oxygen atoms in total. The summed E-state index contributed by atoms with van der Waals surface area (Å²) in [7, 11) is -3.88. The first kappa shape index (κ1) is 22.5. The first-order chi connectivity index (χ1) is 14.8. The number of sulfonamides is 1. The monoisotopic (exact) mass is 440 g/mol. The second-order valence-electron chi connectivity index (χ2n) is 7.01. The van der Waals surface area contributed by atoms with Gasteiger partial charge in [-0.3, -0.25) is 9.10 Å². The number of rotatable bonds is 7. The van der Waals surface area contributed by atoms with Crippen LogP contribution >= 0.6 is 0 Å². The number of nitrogens with zero attached hydrogens (tertiary/aromatic N) is 2. The molecule has 0 bridgehead atoms. The van der Waals surface area contributed by atoms with Gasteiger partial charge in [0, 0.05) is 24.3 Å². The lowest BCUT2D eigenvalue weighted by Gasteiger charge is -2.25. The highest BCUT2D eigenvalue weighted by atomic mass is 32.2. The standard InChI is InChI=1S/C24H25FN2O3S/c1-4-26(21-15-13-20(25)14-16-21)24(28)19-12-11-18(3)23(17-19)31(29,30)27(5-2)22-9-7-6-8-10-22/h6-17H,4-5H2,1-3H3. The molecule has 3 aromatic carbocycles. The van der Waals surface area contributed by atoms with E-state index in [9.17, 15) is 17.6 Å². The molecule has 0 aromatic heterocycles. The summed E-state index contributed by atoms with van der Waals surface area (Å²) in [5.74, 6) is -0.746. The highest BCUT2D eigenvalue weighted by Crippen LogP contribution is 2.27. The molecule has 0 saturated carbocycles. The molecule has 0 radical (unpaired) electrons. The molecule has 0 N–H and O–H groups in total. The van der Waals surface area contributed by atoms with Gasteiger partial charge < -0.3 is 4.90 Å². The van der Waals surface area contributed by atoms with Gasteiger partial charge in [-0.1, -0.05) is 24.3 Å². The Kier molecular flexibility index (Phi) is 6.75. The van der Waals surface area contributed by atoms with Gasteiger partial charge in [0.25, 0.3) is 15.9 Å². The van der Waals surface area contributed by atoms with Crippen molar-refractivity contribution >= 4 is 27.3 Å². The smallest absolute Gasteiger partial charge is 0.264 e. The van der Waals surface area contributed by atoms with E-state index in [2.05, 4.69) is 0 Å². The van der Waals surface area contributed by atoms with Crippen molar-refractivity contribution < 1.29 is 17.6 Å². The number of benzene rings is 3. The molecule has 1 amide bonds. The third-order valence-corrected chi connectivity index (χ3v) is 7.08. The van der Waals surface area contributed by atoms with Crippen LogP contribution in [0.5, 0.6) is 0 Å². The van der Waals surface area contributed by atoms with Crippen LogP contribution in [-0.4, -0.2) is 27.4 Å². The van der Waals surface area contributed by atoms with Crippen LogP contribution in [0.4, 0.5) is 15.8 Å². The van der Waals surface area contributed by atoms with Crippen LogP contribution in [-0.2, 0) is 10.0 Å². The van der Waals surface area contributed by atoms with Crippen LogP contribution in [0.3, 0.4) is 0 Å². The van der Waals surface area contributed by atoms with E-state index in [0.29, 0.717) is 23.5 Å². The van der Waals surface area contributed by atoms with Crippen LogP contribution < -0.4 is 9.21 Å². The number of aryl methyl sites for hydroxylation is 1. The fraction of sp³-hybridized carbons (Fsp3) is 0.208. The number of amides is 1. The van der Waals surface area contributed by atoms with E-state index in [1.54, 1.807) is 57.2 Å². The minimum atomic E-state index is -3.88. The van der Waals surface area contributed by atoms with E-state index in [4.69, 9.17) is 0 Å². The molecule has 0 unspecified atom stereocenters. The molecule has 0 saturated heterocycles. The fourth-order valence-electron chi connectivity index (χ4n) is 3.44. The molecule has 0 aliphatic heterocycles. The zero-order valence-electron chi connectivity index (χ0n) is 17.7. The lowest BCUT2D eigenvalue weighted by molar-refractivity contribution is 0.0988. The summed E-state index contributed by atoms with van der Waals surface area (Å²) in [6.07, 6.45) is 0. The maximum absolute atomic E-state index is 13.5. The molecule has 0 heterocycles. The second kappa shape index (κ2) is 9.31. The molecule has 0 atom stereocenters. The minimum absolute atomic E-state index is 0.0826. The number of carbonyl (C=O) groups excluding carboxylic acids is 1. The average Bonchev–Trinajstić information content (AvgIpc) is 2.76. The highest BCUT2D eigenvalue weighted by Gasteiger charge is 2.27. The van der Waals surface area contributed by atoms with Gasteiger partial charge in [-0.15, -0.1) is 0 Å².